The molecule has 0 fully saturated rings. The third-order valence-electron chi connectivity index (χ3n) is 4.37. The van der Waals surface area contributed by atoms with Gasteiger partial charge in [-0.25, -0.2) is 5.43 Å². The first-order valence-corrected chi connectivity index (χ1v) is 9.73. The van der Waals surface area contributed by atoms with Crippen molar-refractivity contribution in [3.63, 3.8) is 0 Å². The fourth-order valence-corrected chi connectivity index (χ4v) is 3.73. The highest BCUT2D eigenvalue weighted by Gasteiger charge is 2.11. The molecule has 0 bridgehead atoms. The molecule has 2 aromatic rings. The van der Waals surface area contributed by atoms with Crippen LogP contribution in [0.3, 0.4) is 0 Å². The third-order valence-corrected chi connectivity index (χ3v) is 5.22. The number of nitrogens with zero attached hydrogens (tertiary/aromatic N) is 1. The smallest absolute Gasteiger partial charge is 0.277 e. The molecule has 3 rings (SSSR count). The Morgan fingerprint density at radius 3 is 2.73 bits per heavy atom. The van der Waals surface area contributed by atoms with E-state index in [0.29, 0.717) is 15.2 Å². The second kappa shape index (κ2) is 8.69. The van der Waals surface area contributed by atoms with E-state index in [-0.39, 0.29) is 12.5 Å². The largest absolute Gasteiger partial charge is 0.483 e. The van der Waals surface area contributed by atoms with Gasteiger partial charge in [-0.2, -0.15) is 5.10 Å². The monoisotopic (exact) mass is 434 g/mol. The second-order valence-corrected chi connectivity index (χ2v) is 7.58. The van der Waals surface area contributed by atoms with Crippen LogP contribution in [-0.4, -0.2) is 18.2 Å². The Labute approximate surface area is 166 Å². The molecular formula is C20H20BrClN2O2. The summed E-state index contributed by atoms with van der Waals surface area (Å²) in [5.74, 6) is 0.240. The first-order valence-electron chi connectivity index (χ1n) is 8.56. The van der Waals surface area contributed by atoms with Gasteiger partial charge in [-0.05, 0) is 89.5 Å². The van der Waals surface area contributed by atoms with Gasteiger partial charge in [0.2, 0.25) is 0 Å². The number of hydrogen-bond donors (Lipinski definition) is 1. The SMILES string of the molecule is C/C(=N\NC(=O)COc1ccc(Cl)cc1Br)c1ccc2c(c1)CCCC2. The number of fused-ring (bicyclic) bond motifs is 1. The van der Waals surface area contributed by atoms with E-state index in [4.69, 9.17) is 16.3 Å². The maximum atomic E-state index is 12.0. The molecule has 1 amide bonds. The molecule has 1 aliphatic rings. The minimum Gasteiger partial charge on any atom is -0.483 e. The minimum absolute atomic E-state index is 0.124. The number of carbonyl (C=O) groups excluding carboxylic acids is 1. The van der Waals surface area contributed by atoms with Crippen LogP contribution in [0.15, 0.2) is 46.0 Å². The van der Waals surface area contributed by atoms with Crippen LogP contribution >= 0.6 is 27.5 Å². The molecule has 0 atom stereocenters. The summed E-state index contributed by atoms with van der Waals surface area (Å²) in [5.41, 5.74) is 7.18. The van der Waals surface area contributed by atoms with Crippen LogP contribution in [0.25, 0.3) is 0 Å². The van der Waals surface area contributed by atoms with Crippen molar-refractivity contribution in [3.05, 3.63) is 62.6 Å². The molecule has 6 heteroatoms. The molecule has 0 saturated carbocycles. The van der Waals surface area contributed by atoms with Gasteiger partial charge in [-0.1, -0.05) is 23.7 Å². The molecule has 1 aliphatic carbocycles. The summed E-state index contributed by atoms with van der Waals surface area (Å²) in [7, 11) is 0. The molecule has 0 radical (unpaired) electrons. The van der Waals surface area contributed by atoms with E-state index in [0.717, 1.165) is 24.1 Å². The molecular weight excluding hydrogens is 416 g/mol. The van der Waals surface area contributed by atoms with Crippen LogP contribution in [0, 0.1) is 0 Å². The molecule has 1 N–H and O–H groups in total. The number of benzene rings is 2. The lowest BCUT2D eigenvalue weighted by atomic mass is 9.90. The number of carbonyl (C=O) groups is 1. The fourth-order valence-electron chi connectivity index (χ4n) is 2.94. The van der Waals surface area contributed by atoms with Crippen molar-refractivity contribution in [2.24, 2.45) is 5.10 Å². The molecule has 136 valence electrons. The second-order valence-electron chi connectivity index (χ2n) is 6.29. The summed E-state index contributed by atoms with van der Waals surface area (Å²) in [6.45, 7) is 1.77. The lowest BCUT2D eigenvalue weighted by Gasteiger charge is -2.16. The highest BCUT2D eigenvalue weighted by atomic mass is 79.9. The number of nitrogens with one attached hydrogen (secondary N) is 1. The Kier molecular flexibility index (Phi) is 6.33. The molecule has 4 nitrogen and oxygen atoms in total. The van der Waals surface area contributed by atoms with Gasteiger partial charge >= 0.3 is 0 Å². The fraction of sp³-hybridized carbons (Fsp3) is 0.300. The lowest BCUT2D eigenvalue weighted by molar-refractivity contribution is -0.123. The minimum atomic E-state index is -0.316. The van der Waals surface area contributed by atoms with Gasteiger partial charge < -0.3 is 4.74 Å². The van der Waals surface area contributed by atoms with E-state index in [2.05, 4.69) is 44.7 Å². The first-order chi connectivity index (χ1) is 12.5. The number of amides is 1. The van der Waals surface area contributed by atoms with Crippen molar-refractivity contribution >= 4 is 39.1 Å². The summed E-state index contributed by atoms with van der Waals surface area (Å²) in [6.07, 6.45) is 4.77. The van der Waals surface area contributed by atoms with E-state index < -0.39 is 0 Å². The Morgan fingerprint density at radius 1 is 1.19 bits per heavy atom. The van der Waals surface area contributed by atoms with Gasteiger partial charge in [0, 0.05) is 5.02 Å². The summed E-state index contributed by atoms with van der Waals surface area (Å²) >= 11 is 9.24. The highest BCUT2D eigenvalue weighted by Crippen LogP contribution is 2.27. The number of rotatable bonds is 5. The maximum Gasteiger partial charge on any atom is 0.277 e. The number of halogens is 2. The predicted molar refractivity (Wildman–Crippen MR) is 108 cm³/mol. The van der Waals surface area contributed by atoms with Crippen molar-refractivity contribution in [2.75, 3.05) is 6.61 Å². The quantitative estimate of drug-likeness (QED) is 0.536. The summed E-state index contributed by atoms with van der Waals surface area (Å²) in [4.78, 5) is 12.0. The normalized spacial score (nSPS) is 13.9. The average molecular weight is 436 g/mol. The van der Waals surface area contributed by atoms with Crippen LogP contribution in [0.2, 0.25) is 5.02 Å². The molecule has 0 aromatic heterocycles. The zero-order valence-electron chi connectivity index (χ0n) is 14.5. The Hall–Kier alpha value is -1.85. The van der Waals surface area contributed by atoms with Crippen molar-refractivity contribution in [1.82, 2.24) is 5.43 Å². The molecule has 0 spiro atoms. The summed E-state index contributed by atoms with van der Waals surface area (Å²) in [6, 6.07) is 11.6. The van der Waals surface area contributed by atoms with Crippen LogP contribution in [-0.2, 0) is 17.6 Å². The van der Waals surface area contributed by atoms with Crippen molar-refractivity contribution in [2.45, 2.75) is 32.6 Å². The van der Waals surface area contributed by atoms with E-state index in [1.165, 1.54) is 24.0 Å². The van der Waals surface area contributed by atoms with Crippen molar-refractivity contribution in [1.29, 1.82) is 0 Å². The molecule has 0 aliphatic heterocycles. The average Bonchev–Trinajstić information content (AvgIpc) is 2.65. The Morgan fingerprint density at radius 2 is 1.96 bits per heavy atom. The summed E-state index contributed by atoms with van der Waals surface area (Å²) < 4.78 is 6.18. The third kappa shape index (κ3) is 4.86. The molecule has 26 heavy (non-hydrogen) atoms. The topological polar surface area (TPSA) is 50.7 Å². The van der Waals surface area contributed by atoms with Crippen LogP contribution in [0.1, 0.15) is 36.5 Å². The molecule has 0 heterocycles. The zero-order chi connectivity index (χ0) is 18.5. The van der Waals surface area contributed by atoms with Crippen molar-refractivity contribution in [3.8, 4) is 5.75 Å². The maximum absolute atomic E-state index is 12.0. The van der Waals surface area contributed by atoms with Gasteiger partial charge in [0.15, 0.2) is 6.61 Å². The van der Waals surface area contributed by atoms with Gasteiger partial charge in [0.05, 0.1) is 10.2 Å². The predicted octanol–water partition coefficient (Wildman–Crippen LogP) is 4.90. The lowest BCUT2D eigenvalue weighted by Crippen LogP contribution is -2.25. The van der Waals surface area contributed by atoms with E-state index in [9.17, 15) is 4.79 Å². The van der Waals surface area contributed by atoms with Crippen LogP contribution < -0.4 is 10.2 Å². The molecule has 2 aromatic carbocycles. The van der Waals surface area contributed by atoms with Gasteiger partial charge in [0.1, 0.15) is 5.75 Å². The number of aryl methyl sites for hydroxylation is 2. The molecule has 0 saturated heterocycles. The first kappa shape index (κ1) is 18.9. The summed E-state index contributed by atoms with van der Waals surface area (Å²) in [5, 5.41) is 4.79. The standard InChI is InChI=1S/C20H20BrClN2O2/c1-13(15-7-6-14-4-2-3-5-16(14)10-15)23-24-20(25)12-26-19-9-8-17(22)11-18(19)21/h6-11H,2-5,12H2,1H3,(H,24,25)/b23-13+. The van der Waals surface area contributed by atoms with Gasteiger partial charge in [-0.3, -0.25) is 4.79 Å². The number of hydrazone groups is 1. The van der Waals surface area contributed by atoms with E-state index >= 15 is 0 Å². The number of ether oxygens (including phenoxy) is 1. The molecule has 0 unspecified atom stereocenters. The van der Waals surface area contributed by atoms with Crippen LogP contribution in [0.4, 0.5) is 0 Å². The zero-order valence-corrected chi connectivity index (χ0v) is 16.9. The van der Waals surface area contributed by atoms with Crippen molar-refractivity contribution < 1.29 is 9.53 Å². The van der Waals surface area contributed by atoms with E-state index in [1.54, 1.807) is 18.2 Å². The van der Waals surface area contributed by atoms with E-state index in [1.807, 2.05) is 6.92 Å². The Bertz CT molecular complexity index is 852. The highest BCUT2D eigenvalue weighted by molar-refractivity contribution is 9.10. The number of hydrogen-bond acceptors (Lipinski definition) is 3. The van der Waals surface area contributed by atoms with Crippen LogP contribution in [0.5, 0.6) is 5.75 Å². The Balaban J connectivity index is 1.57. The van der Waals surface area contributed by atoms with Gasteiger partial charge in [0.25, 0.3) is 5.91 Å². The van der Waals surface area contributed by atoms with Gasteiger partial charge in [-0.15, -0.1) is 0 Å².